The SMILES string of the molecule is C/C=C1\NC(=O)[C@H](Cc2ccc(O)cc2)NC(=O)[C@H]([C@@H](C)O)NC(=O)[C@@H](NC(=O)[C@@H](NC(=O)C(O)C(CCCCCCCCCCC)O[C@@H]2O[C@@H](C)[C@H](O)[C@@H](O)[C@H]2O)[C@@H](C)O)[C@@H](C)OC(=O)[C@H](CCC(N)=O)NC(=O)[C@H]([C@@H](C)O[C@@H]2O[C@H](CO)[C@@H](O)[C@H](O)[C@@H]2O)N(C)C(=O)CNC(=O)[C@H](CCC(N)=O)NC1=O. The molecule has 0 aliphatic carbocycles. The van der Waals surface area contributed by atoms with Crippen LogP contribution in [0.1, 0.15) is 144 Å². The number of unbranched alkanes of at least 4 members (excludes halogenated alkanes) is 8. The third-order valence-electron chi connectivity index (χ3n) is 18.3. The van der Waals surface area contributed by atoms with Crippen molar-refractivity contribution in [1.29, 1.82) is 0 Å². The van der Waals surface area contributed by atoms with E-state index in [9.17, 15) is 109 Å². The van der Waals surface area contributed by atoms with Gasteiger partial charge >= 0.3 is 5.97 Å². The van der Waals surface area contributed by atoms with Crippen LogP contribution >= 0.6 is 0 Å². The Kier molecular flexibility index (Phi) is 37.8. The summed E-state index contributed by atoms with van der Waals surface area (Å²) in [7, 11) is 0.969. The Labute approximate surface area is 617 Å². The van der Waals surface area contributed by atoms with E-state index in [0.717, 1.165) is 85.8 Å². The van der Waals surface area contributed by atoms with Gasteiger partial charge < -0.3 is 139 Å². The van der Waals surface area contributed by atoms with Gasteiger partial charge in [-0.05, 0) is 78.5 Å². The Hall–Kier alpha value is -8.16. The highest BCUT2D eigenvalue weighted by Crippen LogP contribution is 2.28. The molecule has 39 heteroatoms. The highest BCUT2D eigenvalue weighted by molar-refractivity contribution is 6.02. The van der Waals surface area contributed by atoms with Crippen LogP contribution in [0.15, 0.2) is 36.0 Å². The van der Waals surface area contributed by atoms with Gasteiger partial charge in [0, 0.05) is 26.3 Å². The summed E-state index contributed by atoms with van der Waals surface area (Å²) in [5.74, 6) is -15.9. The van der Waals surface area contributed by atoms with E-state index in [-0.39, 0.29) is 17.7 Å². The van der Waals surface area contributed by atoms with E-state index in [2.05, 4.69) is 49.5 Å². The molecular weight excluding hydrogens is 1420 g/mol. The summed E-state index contributed by atoms with van der Waals surface area (Å²) in [6, 6.07) is -9.40. The smallest absolute Gasteiger partial charge is 0.329 e. The second-order valence-electron chi connectivity index (χ2n) is 26.9. The van der Waals surface area contributed by atoms with Crippen LogP contribution in [0.4, 0.5) is 0 Å². The second kappa shape index (κ2) is 44.3. The first-order chi connectivity index (χ1) is 50.4. The minimum atomic E-state index is -2.38. The molecule has 23 N–H and O–H groups in total. The second-order valence-corrected chi connectivity index (χ2v) is 26.9. The molecule has 0 spiro atoms. The van der Waals surface area contributed by atoms with E-state index in [1.807, 2.05) is 0 Å². The summed E-state index contributed by atoms with van der Waals surface area (Å²) in [4.78, 5) is 171. The molecule has 0 radical (unpaired) electrons. The van der Waals surface area contributed by atoms with Crippen molar-refractivity contribution in [3.05, 3.63) is 41.6 Å². The predicted octanol–water partition coefficient (Wildman–Crippen LogP) is -7.26. The minimum absolute atomic E-state index is 0.110. The van der Waals surface area contributed by atoms with Gasteiger partial charge in [0.15, 0.2) is 18.7 Å². The minimum Gasteiger partial charge on any atom is -0.508 e. The summed E-state index contributed by atoms with van der Waals surface area (Å²) in [5.41, 5.74) is 10.5. The lowest BCUT2D eigenvalue weighted by Gasteiger charge is -2.42. The number of nitrogens with two attached hydrogens (primary N) is 2. The predicted molar refractivity (Wildman–Crippen MR) is 370 cm³/mol. The maximum atomic E-state index is 15.1. The standard InChI is InChI=1S/C68H109N11O28/c1-9-11-12-13-14-15-16-17-18-19-42(106-68-56(92)54(90)51(87)35(7)105-68)53(89)65(101)77-48(32(4)82)62(98)78-49-33(5)103-66(102)40(25-27-45(70)85)74-64(100)50(34(6)104-67-57(93)55(91)52(88)43(30-80)107-67)79(8)46(86)29-71-58(94)39(24-26-44(69)84)73-59(95)38(10-2)72-60(96)41(28-36-20-22-37(83)23-21-36)75-61(97)47(31(3)81)76-63(49)99/h10,20-23,31-35,39-43,47-57,67-68,80-83,87-93H,9,11-19,24-30H2,1-8H3,(H2,69,84)(H2,70,85)(H,71,94)(H,72,96)(H,73,95)(H,74,100)(H,75,97)(H,76,99)(H,77,101)(H,78,98)/b38-10-/t31-,32-,33-,34-,35+,39+,40+,41+,42?,43-,47+,48+,49+,50+,51+,52-,53?,54-,55+,56-,57+,67-,68+/m1/s1. The topological polar surface area (TPSA) is 625 Å². The van der Waals surface area contributed by atoms with Gasteiger partial charge in [-0.3, -0.25) is 52.7 Å². The van der Waals surface area contributed by atoms with Gasteiger partial charge in [-0.2, -0.15) is 0 Å². The monoisotopic (exact) mass is 1530 g/mol. The van der Waals surface area contributed by atoms with Crippen molar-refractivity contribution in [3.8, 4) is 5.75 Å². The van der Waals surface area contributed by atoms with Crippen molar-refractivity contribution >= 4 is 70.9 Å². The number of aliphatic hydroxyl groups is 10. The number of nitrogens with zero attached hydrogens (tertiary/aromatic N) is 1. The molecule has 0 saturated carbocycles. The molecule has 39 nitrogen and oxygen atoms in total. The molecule has 2 unspecified atom stereocenters. The van der Waals surface area contributed by atoms with Crippen LogP contribution in [0, 0.1) is 0 Å². The fourth-order valence-electron chi connectivity index (χ4n) is 11.8. The summed E-state index contributed by atoms with van der Waals surface area (Å²) >= 11 is 0. The van der Waals surface area contributed by atoms with Gasteiger partial charge in [0.1, 0.15) is 103 Å². The number of rotatable bonds is 31. The Balaban J connectivity index is 1.89. The van der Waals surface area contributed by atoms with Crippen molar-refractivity contribution in [2.45, 2.75) is 285 Å². The number of esters is 1. The van der Waals surface area contributed by atoms with Crippen LogP contribution in [0.3, 0.4) is 0 Å². The molecule has 0 aromatic heterocycles. The molecule has 0 bridgehead atoms. The van der Waals surface area contributed by atoms with Crippen LogP contribution < -0.4 is 54.0 Å². The fourth-order valence-corrected chi connectivity index (χ4v) is 11.8. The number of amides is 11. The molecule has 11 amide bonds. The molecule has 604 valence electrons. The van der Waals surface area contributed by atoms with E-state index in [1.165, 1.54) is 38.1 Å². The van der Waals surface area contributed by atoms with Crippen molar-refractivity contribution < 1.29 is 137 Å². The molecule has 23 atom stereocenters. The van der Waals surface area contributed by atoms with Crippen molar-refractivity contribution in [2.75, 3.05) is 20.2 Å². The number of phenols is 1. The summed E-state index contributed by atoms with van der Waals surface area (Å²) in [5, 5.41) is 137. The van der Waals surface area contributed by atoms with Gasteiger partial charge in [0.25, 0.3) is 11.8 Å². The van der Waals surface area contributed by atoms with Gasteiger partial charge in [0.05, 0.1) is 43.7 Å². The molecule has 3 fully saturated rings. The fraction of sp³-hybridized carbons (Fsp3) is 0.706. The van der Waals surface area contributed by atoms with E-state index in [4.69, 9.17) is 35.2 Å². The zero-order chi connectivity index (χ0) is 80.3. The number of aliphatic hydroxyl groups excluding tert-OH is 10. The number of primary amides is 2. The number of cyclic esters (lactones) is 1. The first-order valence-electron chi connectivity index (χ1n) is 35.6. The lowest BCUT2D eigenvalue weighted by atomic mass is 9.99. The van der Waals surface area contributed by atoms with Gasteiger partial charge in [-0.1, -0.05) is 82.9 Å². The number of carbonyl (C=O) groups excluding carboxylic acids is 12. The third kappa shape index (κ3) is 27.8. The average Bonchev–Trinajstić information content (AvgIpc) is 0.872. The molecular formula is C68H109N11O28. The quantitative estimate of drug-likeness (QED) is 0.0187. The number of allylic oxidation sites excluding steroid dienone is 1. The molecule has 107 heavy (non-hydrogen) atoms. The maximum Gasteiger partial charge on any atom is 0.329 e. The molecule has 3 heterocycles. The van der Waals surface area contributed by atoms with E-state index < -0.39 is 262 Å². The Morgan fingerprint density at radius 3 is 1.79 bits per heavy atom. The largest absolute Gasteiger partial charge is 0.508 e. The van der Waals surface area contributed by atoms with Crippen LogP contribution in [-0.2, 0) is 87.6 Å². The van der Waals surface area contributed by atoms with Crippen molar-refractivity contribution in [1.82, 2.24) is 47.4 Å². The third-order valence-corrected chi connectivity index (χ3v) is 18.3. The van der Waals surface area contributed by atoms with Crippen LogP contribution in [0.5, 0.6) is 5.75 Å². The number of likely N-dealkylation sites (N-methyl/N-ethyl adjacent to an activating group) is 1. The number of hydrogen-bond acceptors (Lipinski definition) is 28. The zero-order valence-corrected chi connectivity index (χ0v) is 61.1. The molecule has 1 aromatic rings. The summed E-state index contributed by atoms with van der Waals surface area (Å²) < 4.78 is 28.7. The first-order valence-corrected chi connectivity index (χ1v) is 35.6. The molecule has 3 saturated heterocycles. The van der Waals surface area contributed by atoms with E-state index >= 15 is 4.79 Å². The molecule has 4 rings (SSSR count). The van der Waals surface area contributed by atoms with Gasteiger partial charge in [-0.15, -0.1) is 0 Å². The number of ether oxygens (including phenoxy) is 5. The molecule has 3 aliphatic rings. The highest BCUT2D eigenvalue weighted by Gasteiger charge is 2.49. The number of phenolic OH excluding ortho intramolecular Hbond substituents is 1. The summed E-state index contributed by atoms with van der Waals surface area (Å²) in [6.45, 7) is 6.73. The number of benzene rings is 1. The lowest BCUT2D eigenvalue weighted by molar-refractivity contribution is -0.312. The highest BCUT2D eigenvalue weighted by atomic mass is 16.7. The Morgan fingerprint density at radius 1 is 0.664 bits per heavy atom. The normalized spacial score (nSPS) is 30.0. The number of carbonyl (C=O) groups is 12. The van der Waals surface area contributed by atoms with Crippen LogP contribution in [0.2, 0.25) is 0 Å². The Morgan fingerprint density at radius 2 is 1.22 bits per heavy atom. The average molecular weight is 1530 g/mol. The van der Waals surface area contributed by atoms with Crippen molar-refractivity contribution in [3.63, 3.8) is 0 Å². The lowest BCUT2D eigenvalue weighted by Crippen LogP contribution is -2.64. The van der Waals surface area contributed by atoms with E-state index in [1.54, 1.807) is 0 Å². The number of nitrogens with one attached hydrogen (secondary N) is 8. The van der Waals surface area contributed by atoms with Gasteiger partial charge in [0.2, 0.25) is 53.2 Å². The summed E-state index contributed by atoms with van der Waals surface area (Å²) in [6.07, 6.45) is -24.1. The Bertz CT molecular complexity index is 3170. The zero-order valence-electron chi connectivity index (χ0n) is 61.1. The number of aromatic hydroxyl groups is 1. The first kappa shape index (κ1) is 91.2. The van der Waals surface area contributed by atoms with E-state index in [0.29, 0.717) is 17.7 Å². The van der Waals surface area contributed by atoms with Gasteiger partial charge in [-0.25, -0.2) is 4.79 Å². The van der Waals surface area contributed by atoms with Crippen LogP contribution in [0.25, 0.3) is 0 Å². The number of hydrogen-bond donors (Lipinski definition) is 21. The maximum absolute atomic E-state index is 15.1. The van der Waals surface area contributed by atoms with Crippen LogP contribution in [-0.4, -0.2) is 293 Å². The van der Waals surface area contributed by atoms with Crippen molar-refractivity contribution in [2.24, 2.45) is 11.5 Å². The molecule has 3 aliphatic heterocycles. The molecule has 1 aromatic carbocycles.